The molecule has 2 nitrogen and oxygen atoms in total. The predicted molar refractivity (Wildman–Crippen MR) is 89.1 cm³/mol. The van der Waals surface area contributed by atoms with Crippen molar-refractivity contribution in [1.29, 1.82) is 0 Å². The maximum atomic E-state index is 14.2. The summed E-state index contributed by atoms with van der Waals surface area (Å²) in [5, 5.41) is 0.555. The van der Waals surface area contributed by atoms with Crippen molar-refractivity contribution in [2.24, 2.45) is 11.7 Å². The first-order chi connectivity index (χ1) is 9.94. The van der Waals surface area contributed by atoms with Gasteiger partial charge in [-0.2, -0.15) is 0 Å². The number of hydrogen-bond acceptors (Lipinski definition) is 2. The van der Waals surface area contributed by atoms with Crippen molar-refractivity contribution in [3.05, 3.63) is 34.6 Å². The molecule has 4 heteroatoms. The van der Waals surface area contributed by atoms with Crippen LogP contribution in [0.5, 0.6) is 0 Å². The minimum Gasteiger partial charge on any atom is -0.329 e. The summed E-state index contributed by atoms with van der Waals surface area (Å²) >= 11 is 6.05. The fourth-order valence-electron chi connectivity index (χ4n) is 2.92. The first-order valence-electron chi connectivity index (χ1n) is 7.85. The van der Waals surface area contributed by atoms with E-state index in [1.54, 1.807) is 12.1 Å². The number of hydrogen-bond donors (Lipinski definition) is 1. The Hall–Kier alpha value is -0.640. The molecule has 0 aromatic heterocycles. The van der Waals surface area contributed by atoms with E-state index in [1.165, 1.54) is 6.07 Å². The van der Waals surface area contributed by atoms with Gasteiger partial charge < -0.3 is 5.73 Å². The van der Waals surface area contributed by atoms with E-state index in [0.29, 0.717) is 29.1 Å². The second-order valence-corrected chi connectivity index (χ2v) is 6.41. The number of nitrogens with two attached hydrogens (primary N) is 1. The highest BCUT2D eigenvalue weighted by Gasteiger charge is 2.27. The predicted octanol–water partition coefficient (Wildman–Crippen LogP) is 4.63. The molecule has 0 heterocycles. The Morgan fingerprint density at radius 2 is 1.86 bits per heavy atom. The van der Waals surface area contributed by atoms with Crippen LogP contribution in [0.25, 0.3) is 0 Å². The normalized spacial score (nSPS) is 13.4. The summed E-state index contributed by atoms with van der Waals surface area (Å²) in [6.07, 6.45) is 2.06. The zero-order valence-electron chi connectivity index (χ0n) is 13.6. The van der Waals surface area contributed by atoms with E-state index in [1.807, 2.05) is 0 Å². The average molecular weight is 315 g/mol. The van der Waals surface area contributed by atoms with Gasteiger partial charge in [0, 0.05) is 29.7 Å². The molecule has 0 bridgehead atoms. The SMILES string of the molecule is CCC(CC)N(CC(C)C)C(CN)c1cc(Cl)ccc1F. The van der Waals surface area contributed by atoms with Gasteiger partial charge in [0.25, 0.3) is 0 Å². The molecule has 21 heavy (non-hydrogen) atoms. The van der Waals surface area contributed by atoms with Gasteiger partial charge in [-0.25, -0.2) is 4.39 Å². The number of benzene rings is 1. The molecule has 0 saturated carbocycles. The third kappa shape index (κ3) is 4.94. The maximum Gasteiger partial charge on any atom is 0.128 e. The summed E-state index contributed by atoms with van der Waals surface area (Å²) in [5.41, 5.74) is 6.61. The van der Waals surface area contributed by atoms with Crippen LogP contribution in [0.2, 0.25) is 5.02 Å². The van der Waals surface area contributed by atoms with Crippen molar-refractivity contribution in [1.82, 2.24) is 4.90 Å². The zero-order chi connectivity index (χ0) is 16.0. The van der Waals surface area contributed by atoms with Gasteiger partial charge in [0.2, 0.25) is 0 Å². The molecule has 0 aliphatic heterocycles. The summed E-state index contributed by atoms with van der Waals surface area (Å²) in [5.74, 6) is 0.274. The van der Waals surface area contributed by atoms with Gasteiger partial charge in [0.15, 0.2) is 0 Å². The molecule has 0 saturated heterocycles. The molecule has 2 N–H and O–H groups in total. The van der Waals surface area contributed by atoms with Crippen LogP contribution in [0.15, 0.2) is 18.2 Å². The zero-order valence-corrected chi connectivity index (χ0v) is 14.3. The Kier molecular flexibility index (Phi) is 7.64. The Bertz CT molecular complexity index is 433. The van der Waals surface area contributed by atoms with Crippen molar-refractivity contribution in [3.8, 4) is 0 Å². The van der Waals surface area contributed by atoms with E-state index < -0.39 is 0 Å². The van der Waals surface area contributed by atoms with E-state index in [9.17, 15) is 4.39 Å². The summed E-state index contributed by atoms with van der Waals surface area (Å²) in [6, 6.07) is 5.00. The average Bonchev–Trinajstić information content (AvgIpc) is 2.44. The second-order valence-electron chi connectivity index (χ2n) is 5.98. The molecule has 0 amide bonds. The van der Waals surface area contributed by atoms with Crippen LogP contribution >= 0.6 is 11.6 Å². The Balaban J connectivity index is 3.19. The highest BCUT2D eigenvalue weighted by molar-refractivity contribution is 6.30. The molecule has 120 valence electrons. The molecule has 1 unspecified atom stereocenters. The molecule has 0 aliphatic carbocycles. The lowest BCUT2D eigenvalue weighted by atomic mass is 9.98. The van der Waals surface area contributed by atoms with Gasteiger partial charge in [0.05, 0.1) is 6.04 Å². The van der Waals surface area contributed by atoms with Crippen LogP contribution < -0.4 is 5.73 Å². The second kappa shape index (κ2) is 8.72. The monoisotopic (exact) mass is 314 g/mol. The van der Waals surface area contributed by atoms with E-state index in [4.69, 9.17) is 17.3 Å². The highest BCUT2D eigenvalue weighted by Crippen LogP contribution is 2.29. The fourth-order valence-corrected chi connectivity index (χ4v) is 3.10. The van der Waals surface area contributed by atoms with Gasteiger partial charge in [-0.3, -0.25) is 4.90 Å². The smallest absolute Gasteiger partial charge is 0.128 e. The van der Waals surface area contributed by atoms with Crippen LogP contribution in [0, 0.1) is 11.7 Å². The minimum atomic E-state index is -0.227. The molecule has 0 radical (unpaired) electrons. The quantitative estimate of drug-likeness (QED) is 0.758. The van der Waals surface area contributed by atoms with Crippen molar-refractivity contribution in [2.45, 2.75) is 52.6 Å². The molecular weight excluding hydrogens is 287 g/mol. The van der Waals surface area contributed by atoms with Gasteiger partial charge >= 0.3 is 0 Å². The molecule has 1 rings (SSSR count). The summed E-state index contributed by atoms with van der Waals surface area (Å²) in [6.45, 7) is 9.99. The third-order valence-electron chi connectivity index (χ3n) is 3.93. The molecular formula is C17H28ClFN2. The molecule has 0 aliphatic rings. The molecule has 0 spiro atoms. The maximum absolute atomic E-state index is 14.2. The van der Waals surface area contributed by atoms with Crippen LogP contribution in [0.3, 0.4) is 0 Å². The largest absolute Gasteiger partial charge is 0.329 e. The van der Waals surface area contributed by atoms with Gasteiger partial charge in [-0.15, -0.1) is 0 Å². The van der Waals surface area contributed by atoms with Crippen molar-refractivity contribution in [2.75, 3.05) is 13.1 Å². The molecule has 1 atom stereocenters. The summed E-state index contributed by atoms with van der Waals surface area (Å²) < 4.78 is 14.2. The van der Waals surface area contributed by atoms with Gasteiger partial charge in [-0.05, 0) is 37.0 Å². The van der Waals surface area contributed by atoms with Gasteiger partial charge in [0.1, 0.15) is 5.82 Å². The van der Waals surface area contributed by atoms with Crippen molar-refractivity contribution in [3.63, 3.8) is 0 Å². The molecule has 1 aromatic rings. The van der Waals surface area contributed by atoms with Crippen molar-refractivity contribution < 1.29 is 4.39 Å². The molecule has 1 aromatic carbocycles. The van der Waals surface area contributed by atoms with E-state index in [0.717, 1.165) is 19.4 Å². The lowest BCUT2D eigenvalue weighted by Gasteiger charge is -2.38. The van der Waals surface area contributed by atoms with Crippen LogP contribution in [-0.2, 0) is 0 Å². The fraction of sp³-hybridized carbons (Fsp3) is 0.647. The highest BCUT2D eigenvalue weighted by atomic mass is 35.5. The number of nitrogens with zero attached hydrogens (tertiary/aromatic N) is 1. The Morgan fingerprint density at radius 1 is 1.24 bits per heavy atom. The number of rotatable bonds is 8. The Labute approximate surface area is 133 Å². The van der Waals surface area contributed by atoms with E-state index in [-0.39, 0.29) is 11.9 Å². The Morgan fingerprint density at radius 3 is 2.33 bits per heavy atom. The van der Waals surface area contributed by atoms with E-state index >= 15 is 0 Å². The van der Waals surface area contributed by atoms with Crippen LogP contribution in [0.4, 0.5) is 4.39 Å². The van der Waals surface area contributed by atoms with E-state index in [2.05, 4.69) is 32.6 Å². The standard InChI is InChI=1S/C17H28ClFN2/c1-5-14(6-2)21(11-12(3)4)17(10-20)15-9-13(18)7-8-16(15)19/h7-9,12,14,17H,5-6,10-11,20H2,1-4H3. The molecule has 0 fully saturated rings. The lowest BCUT2D eigenvalue weighted by molar-refractivity contribution is 0.110. The lowest BCUT2D eigenvalue weighted by Crippen LogP contribution is -2.43. The topological polar surface area (TPSA) is 29.3 Å². The van der Waals surface area contributed by atoms with Crippen LogP contribution in [0.1, 0.15) is 52.1 Å². The van der Waals surface area contributed by atoms with Gasteiger partial charge in [-0.1, -0.05) is 39.3 Å². The van der Waals surface area contributed by atoms with Crippen LogP contribution in [-0.4, -0.2) is 24.0 Å². The minimum absolute atomic E-state index is 0.129. The summed E-state index contributed by atoms with van der Waals surface area (Å²) in [4.78, 5) is 2.35. The third-order valence-corrected chi connectivity index (χ3v) is 4.16. The number of halogens is 2. The van der Waals surface area contributed by atoms with Crippen molar-refractivity contribution >= 4 is 11.6 Å². The first-order valence-corrected chi connectivity index (χ1v) is 8.23. The summed E-state index contributed by atoms with van der Waals surface area (Å²) in [7, 11) is 0. The first kappa shape index (κ1) is 18.4.